The number of carboxylic acids is 1. The topological polar surface area (TPSA) is 52.6 Å². The molecule has 0 amide bonds. The Labute approximate surface area is 120 Å². The van der Waals surface area contributed by atoms with Crippen LogP contribution in [0.2, 0.25) is 0 Å². The molecule has 2 N–H and O–H groups in total. The van der Waals surface area contributed by atoms with Crippen LogP contribution in [-0.2, 0) is 4.79 Å². The fourth-order valence-corrected chi connectivity index (χ4v) is 3.01. The van der Waals surface area contributed by atoms with Crippen LogP contribution in [-0.4, -0.2) is 48.7 Å². The van der Waals surface area contributed by atoms with Crippen molar-refractivity contribution in [2.45, 2.75) is 31.2 Å². The highest BCUT2D eigenvalue weighted by Gasteiger charge is 2.28. The zero-order chi connectivity index (χ0) is 14.4. The first kappa shape index (κ1) is 15.0. The zero-order valence-electron chi connectivity index (χ0n) is 12.1. The first-order valence-electron chi connectivity index (χ1n) is 7.38. The second-order valence-corrected chi connectivity index (χ2v) is 5.50. The van der Waals surface area contributed by atoms with E-state index >= 15 is 0 Å². The smallest absolute Gasteiger partial charge is 0.312 e. The van der Waals surface area contributed by atoms with Crippen molar-refractivity contribution in [2.24, 2.45) is 0 Å². The van der Waals surface area contributed by atoms with Gasteiger partial charge in [-0.3, -0.25) is 9.69 Å². The molecule has 0 aliphatic carbocycles. The molecule has 0 bridgehead atoms. The Hall–Kier alpha value is -1.39. The van der Waals surface area contributed by atoms with Gasteiger partial charge in [-0.15, -0.1) is 0 Å². The number of piperidine rings is 1. The van der Waals surface area contributed by atoms with E-state index in [1.54, 1.807) is 0 Å². The summed E-state index contributed by atoms with van der Waals surface area (Å²) in [4.78, 5) is 13.9. The van der Waals surface area contributed by atoms with Gasteiger partial charge in [-0.1, -0.05) is 36.8 Å². The molecule has 1 heterocycles. The maximum Gasteiger partial charge on any atom is 0.312 e. The van der Waals surface area contributed by atoms with E-state index in [0.29, 0.717) is 12.6 Å². The van der Waals surface area contributed by atoms with Crippen LogP contribution < -0.4 is 5.32 Å². The highest BCUT2D eigenvalue weighted by molar-refractivity contribution is 5.76. The lowest BCUT2D eigenvalue weighted by Gasteiger charge is -2.37. The van der Waals surface area contributed by atoms with Crippen molar-refractivity contribution in [2.75, 3.05) is 26.7 Å². The van der Waals surface area contributed by atoms with Crippen molar-refractivity contribution in [3.63, 3.8) is 0 Å². The van der Waals surface area contributed by atoms with Gasteiger partial charge in [0.05, 0.1) is 5.92 Å². The minimum absolute atomic E-state index is 0.436. The molecule has 1 aromatic rings. The lowest BCUT2D eigenvalue weighted by Crippen LogP contribution is -2.47. The van der Waals surface area contributed by atoms with E-state index in [2.05, 4.69) is 10.2 Å². The number of benzene rings is 1. The second kappa shape index (κ2) is 7.41. The van der Waals surface area contributed by atoms with Crippen LogP contribution >= 0.6 is 0 Å². The fraction of sp³-hybridized carbons (Fsp3) is 0.562. The average Bonchev–Trinajstić information content (AvgIpc) is 2.47. The molecular weight excluding hydrogens is 252 g/mol. The number of carboxylic acid groups (broad SMARTS) is 1. The third kappa shape index (κ3) is 3.81. The number of hydrogen-bond acceptors (Lipinski definition) is 3. The maximum absolute atomic E-state index is 11.6. The molecule has 4 heteroatoms. The van der Waals surface area contributed by atoms with Gasteiger partial charge in [0.25, 0.3) is 0 Å². The summed E-state index contributed by atoms with van der Waals surface area (Å²) in [6, 6.07) is 10.0. The highest BCUT2D eigenvalue weighted by Crippen LogP contribution is 2.23. The number of likely N-dealkylation sites (tertiary alicyclic amines) is 1. The van der Waals surface area contributed by atoms with Crippen LogP contribution in [0.3, 0.4) is 0 Å². The van der Waals surface area contributed by atoms with Crippen molar-refractivity contribution < 1.29 is 9.90 Å². The molecule has 0 spiro atoms. The monoisotopic (exact) mass is 276 g/mol. The molecule has 2 unspecified atom stereocenters. The highest BCUT2D eigenvalue weighted by atomic mass is 16.4. The van der Waals surface area contributed by atoms with E-state index < -0.39 is 11.9 Å². The molecule has 20 heavy (non-hydrogen) atoms. The standard InChI is InChI=1S/C16H24N2O2/c1-17-11-14-9-5-6-10-18(14)12-15(16(19)20)13-7-3-2-4-8-13/h2-4,7-8,14-15,17H,5-6,9-12H2,1H3,(H,19,20). The van der Waals surface area contributed by atoms with Gasteiger partial charge < -0.3 is 10.4 Å². The molecule has 1 saturated heterocycles. The summed E-state index contributed by atoms with van der Waals surface area (Å²) in [5.41, 5.74) is 0.897. The lowest BCUT2D eigenvalue weighted by atomic mass is 9.95. The van der Waals surface area contributed by atoms with Crippen molar-refractivity contribution in [3.05, 3.63) is 35.9 Å². The quantitative estimate of drug-likeness (QED) is 0.833. The average molecular weight is 276 g/mol. The molecule has 1 aromatic carbocycles. The number of carbonyl (C=O) groups is 1. The summed E-state index contributed by atoms with van der Waals surface area (Å²) in [5.74, 6) is -1.17. The predicted octanol–water partition coefficient (Wildman–Crippen LogP) is 1.93. The molecule has 1 fully saturated rings. The Kier molecular flexibility index (Phi) is 5.56. The van der Waals surface area contributed by atoms with Gasteiger partial charge in [0, 0.05) is 19.1 Å². The van der Waals surface area contributed by atoms with Crippen molar-refractivity contribution >= 4 is 5.97 Å². The third-order valence-electron chi connectivity index (χ3n) is 4.11. The Morgan fingerprint density at radius 2 is 2.15 bits per heavy atom. The summed E-state index contributed by atoms with van der Waals surface area (Å²) in [7, 11) is 1.96. The van der Waals surface area contributed by atoms with E-state index in [4.69, 9.17) is 0 Å². The Balaban J connectivity index is 2.09. The Morgan fingerprint density at radius 1 is 1.40 bits per heavy atom. The molecule has 1 aliphatic heterocycles. The van der Waals surface area contributed by atoms with E-state index in [9.17, 15) is 9.90 Å². The zero-order valence-corrected chi connectivity index (χ0v) is 12.1. The van der Waals surface area contributed by atoms with E-state index in [1.807, 2.05) is 37.4 Å². The first-order valence-corrected chi connectivity index (χ1v) is 7.38. The predicted molar refractivity (Wildman–Crippen MR) is 80.0 cm³/mol. The van der Waals surface area contributed by atoms with Crippen molar-refractivity contribution in [1.82, 2.24) is 10.2 Å². The van der Waals surface area contributed by atoms with E-state index in [-0.39, 0.29) is 0 Å². The number of rotatable bonds is 6. The molecule has 0 aromatic heterocycles. The van der Waals surface area contributed by atoms with Gasteiger partial charge in [-0.05, 0) is 32.0 Å². The van der Waals surface area contributed by atoms with Gasteiger partial charge >= 0.3 is 5.97 Å². The molecule has 2 rings (SSSR count). The molecule has 0 saturated carbocycles. The van der Waals surface area contributed by atoms with Crippen LogP contribution in [0.25, 0.3) is 0 Å². The first-order chi connectivity index (χ1) is 9.72. The SMILES string of the molecule is CNCC1CCCCN1CC(C(=O)O)c1ccccc1. The molecule has 1 aliphatic rings. The summed E-state index contributed by atoms with van der Waals surface area (Å²) in [6.45, 7) is 2.54. The van der Waals surface area contributed by atoms with Crippen LogP contribution in [0, 0.1) is 0 Å². The second-order valence-electron chi connectivity index (χ2n) is 5.50. The van der Waals surface area contributed by atoms with Gasteiger partial charge in [0.2, 0.25) is 0 Å². The maximum atomic E-state index is 11.6. The molecule has 0 radical (unpaired) electrons. The minimum Gasteiger partial charge on any atom is -0.481 e. The summed E-state index contributed by atoms with van der Waals surface area (Å²) >= 11 is 0. The number of hydrogen-bond donors (Lipinski definition) is 2. The lowest BCUT2D eigenvalue weighted by molar-refractivity contribution is -0.139. The van der Waals surface area contributed by atoms with E-state index in [0.717, 1.165) is 25.1 Å². The number of nitrogens with one attached hydrogen (secondary N) is 1. The van der Waals surface area contributed by atoms with Crippen LogP contribution in [0.5, 0.6) is 0 Å². The minimum atomic E-state index is -0.731. The molecule has 2 atom stereocenters. The molecular formula is C16H24N2O2. The molecule has 110 valence electrons. The van der Waals surface area contributed by atoms with Crippen LogP contribution in [0.1, 0.15) is 30.7 Å². The summed E-state index contributed by atoms with van der Waals surface area (Å²) in [6.07, 6.45) is 3.56. The van der Waals surface area contributed by atoms with Gasteiger partial charge in [0.15, 0.2) is 0 Å². The Bertz CT molecular complexity index is 420. The van der Waals surface area contributed by atoms with Gasteiger partial charge in [-0.25, -0.2) is 0 Å². The van der Waals surface area contributed by atoms with Crippen LogP contribution in [0.15, 0.2) is 30.3 Å². The summed E-state index contributed by atoms with van der Waals surface area (Å²) in [5, 5.41) is 12.8. The molecule has 4 nitrogen and oxygen atoms in total. The third-order valence-corrected chi connectivity index (χ3v) is 4.11. The van der Waals surface area contributed by atoms with Crippen LogP contribution in [0.4, 0.5) is 0 Å². The van der Waals surface area contributed by atoms with Crippen molar-refractivity contribution in [3.8, 4) is 0 Å². The van der Waals surface area contributed by atoms with Gasteiger partial charge in [0.1, 0.15) is 0 Å². The normalized spacial score (nSPS) is 21.6. The van der Waals surface area contributed by atoms with Crippen molar-refractivity contribution in [1.29, 1.82) is 0 Å². The van der Waals surface area contributed by atoms with Gasteiger partial charge in [-0.2, -0.15) is 0 Å². The Morgan fingerprint density at radius 3 is 2.80 bits per heavy atom. The fourth-order valence-electron chi connectivity index (χ4n) is 3.01. The number of nitrogens with zero attached hydrogens (tertiary/aromatic N) is 1. The number of aliphatic carboxylic acids is 1. The van der Waals surface area contributed by atoms with E-state index in [1.165, 1.54) is 12.8 Å². The summed E-state index contributed by atoms with van der Waals surface area (Å²) < 4.78 is 0. The number of likely N-dealkylation sites (N-methyl/N-ethyl adjacent to an activating group) is 1. The largest absolute Gasteiger partial charge is 0.481 e.